The Morgan fingerprint density at radius 2 is 1.94 bits per heavy atom. The molecule has 0 spiro atoms. The predicted octanol–water partition coefficient (Wildman–Crippen LogP) is 6.01. The van der Waals surface area contributed by atoms with Gasteiger partial charge in [-0.2, -0.15) is 0 Å². The SMILES string of the molecule is CCN1CCc2c(sc(NC(=O)Cc3ccc(OC)cc3)c2-c2nc3ccccc3s2)C1.Cl. The maximum absolute atomic E-state index is 13.0. The van der Waals surface area contributed by atoms with Gasteiger partial charge in [-0.3, -0.25) is 9.69 Å². The summed E-state index contributed by atoms with van der Waals surface area (Å²) in [7, 11) is 1.64. The summed E-state index contributed by atoms with van der Waals surface area (Å²) in [6, 6.07) is 15.9. The highest BCUT2D eigenvalue weighted by Crippen LogP contribution is 2.45. The van der Waals surface area contributed by atoms with Crippen molar-refractivity contribution in [3.8, 4) is 16.3 Å². The minimum absolute atomic E-state index is 0. The summed E-state index contributed by atoms with van der Waals surface area (Å²) in [4.78, 5) is 21.7. The molecule has 0 saturated carbocycles. The number of ether oxygens (including phenoxy) is 1. The number of fused-ring (bicyclic) bond motifs is 2. The van der Waals surface area contributed by atoms with E-state index in [0.29, 0.717) is 6.42 Å². The maximum atomic E-state index is 13.0. The van der Waals surface area contributed by atoms with Gasteiger partial charge in [0.05, 0.1) is 23.7 Å². The molecule has 4 aromatic rings. The first-order chi connectivity index (χ1) is 15.6. The van der Waals surface area contributed by atoms with Gasteiger partial charge < -0.3 is 10.1 Å². The van der Waals surface area contributed by atoms with E-state index in [9.17, 15) is 4.79 Å². The lowest BCUT2D eigenvalue weighted by Crippen LogP contribution is -2.29. The molecule has 1 aliphatic heterocycles. The molecule has 1 amide bonds. The topological polar surface area (TPSA) is 54.5 Å². The number of carbonyl (C=O) groups excluding carboxylic acids is 1. The van der Waals surface area contributed by atoms with Crippen molar-refractivity contribution in [3.63, 3.8) is 0 Å². The van der Waals surface area contributed by atoms with Crippen LogP contribution in [0.15, 0.2) is 48.5 Å². The molecule has 0 fully saturated rings. The number of amides is 1. The summed E-state index contributed by atoms with van der Waals surface area (Å²) in [6.45, 7) is 5.21. The van der Waals surface area contributed by atoms with E-state index in [1.165, 1.54) is 15.1 Å². The van der Waals surface area contributed by atoms with Gasteiger partial charge in [-0.1, -0.05) is 31.2 Å². The van der Waals surface area contributed by atoms with Crippen molar-refractivity contribution in [2.45, 2.75) is 26.3 Å². The largest absolute Gasteiger partial charge is 0.497 e. The average molecular weight is 500 g/mol. The van der Waals surface area contributed by atoms with Gasteiger partial charge in [0, 0.05) is 23.5 Å². The number of nitrogens with zero attached hydrogens (tertiary/aromatic N) is 2. The molecule has 172 valence electrons. The van der Waals surface area contributed by atoms with E-state index in [0.717, 1.165) is 58.5 Å². The van der Waals surface area contributed by atoms with Crippen LogP contribution in [0.3, 0.4) is 0 Å². The molecule has 1 N–H and O–H groups in total. The van der Waals surface area contributed by atoms with E-state index >= 15 is 0 Å². The monoisotopic (exact) mass is 499 g/mol. The number of halogens is 1. The fourth-order valence-electron chi connectivity index (χ4n) is 4.12. The first-order valence-electron chi connectivity index (χ1n) is 10.8. The van der Waals surface area contributed by atoms with E-state index < -0.39 is 0 Å². The number of thiazole rings is 1. The first-order valence-corrected chi connectivity index (χ1v) is 12.4. The number of nitrogens with one attached hydrogen (secondary N) is 1. The van der Waals surface area contributed by atoms with E-state index in [4.69, 9.17) is 9.72 Å². The number of hydrogen-bond acceptors (Lipinski definition) is 6. The molecule has 2 aromatic heterocycles. The molecule has 8 heteroatoms. The van der Waals surface area contributed by atoms with E-state index in [1.807, 2.05) is 36.4 Å². The Labute approximate surface area is 207 Å². The maximum Gasteiger partial charge on any atom is 0.229 e. The quantitative estimate of drug-likeness (QED) is 0.352. The van der Waals surface area contributed by atoms with E-state index in [2.05, 4.69) is 29.3 Å². The summed E-state index contributed by atoms with van der Waals surface area (Å²) in [5, 5.41) is 5.13. The Morgan fingerprint density at radius 1 is 1.15 bits per heavy atom. The van der Waals surface area contributed by atoms with Crippen LogP contribution in [0.1, 0.15) is 22.9 Å². The third-order valence-electron chi connectivity index (χ3n) is 5.87. The second kappa shape index (κ2) is 10.2. The number of aromatic nitrogens is 1. The van der Waals surface area contributed by atoms with Crippen LogP contribution < -0.4 is 10.1 Å². The summed E-state index contributed by atoms with van der Waals surface area (Å²) >= 11 is 3.40. The number of hydrogen-bond donors (Lipinski definition) is 1. The van der Waals surface area contributed by atoms with Crippen molar-refractivity contribution in [2.24, 2.45) is 0 Å². The Morgan fingerprint density at radius 3 is 2.67 bits per heavy atom. The van der Waals surface area contributed by atoms with Gasteiger partial charge in [-0.25, -0.2) is 4.98 Å². The number of anilines is 1. The molecule has 0 radical (unpaired) electrons. The average Bonchev–Trinajstić information content (AvgIpc) is 3.39. The minimum atomic E-state index is -0.0107. The van der Waals surface area contributed by atoms with Crippen LogP contribution >= 0.6 is 35.1 Å². The second-order valence-corrected chi connectivity index (χ2v) is 10.0. The lowest BCUT2D eigenvalue weighted by Gasteiger charge is -2.25. The zero-order chi connectivity index (χ0) is 22.1. The minimum Gasteiger partial charge on any atom is -0.497 e. The third-order valence-corrected chi connectivity index (χ3v) is 8.05. The van der Waals surface area contributed by atoms with Crippen LogP contribution in [0.5, 0.6) is 5.75 Å². The number of carbonyl (C=O) groups is 1. The van der Waals surface area contributed by atoms with Gasteiger partial charge in [0.1, 0.15) is 15.8 Å². The van der Waals surface area contributed by atoms with Gasteiger partial charge >= 0.3 is 0 Å². The van der Waals surface area contributed by atoms with Gasteiger partial charge in [0.25, 0.3) is 0 Å². The highest BCUT2D eigenvalue weighted by Gasteiger charge is 2.27. The van der Waals surface area contributed by atoms with Crippen LogP contribution in [-0.2, 0) is 24.2 Å². The molecule has 5 rings (SSSR count). The van der Waals surface area contributed by atoms with Crippen LogP contribution in [0, 0.1) is 0 Å². The molecule has 0 atom stereocenters. The molecule has 5 nitrogen and oxygen atoms in total. The van der Waals surface area contributed by atoms with E-state index in [1.54, 1.807) is 29.8 Å². The van der Waals surface area contributed by atoms with E-state index in [-0.39, 0.29) is 18.3 Å². The molecular formula is C25H26ClN3O2S2. The van der Waals surface area contributed by atoms with Crippen LogP contribution in [0.2, 0.25) is 0 Å². The molecule has 33 heavy (non-hydrogen) atoms. The molecule has 0 unspecified atom stereocenters. The second-order valence-electron chi connectivity index (χ2n) is 7.89. The van der Waals surface area contributed by atoms with Crippen LogP contribution in [0.4, 0.5) is 5.00 Å². The van der Waals surface area contributed by atoms with Crippen molar-refractivity contribution in [1.82, 2.24) is 9.88 Å². The highest BCUT2D eigenvalue weighted by molar-refractivity contribution is 7.22. The summed E-state index contributed by atoms with van der Waals surface area (Å²) in [5.41, 5.74) is 4.43. The van der Waals surface area contributed by atoms with Crippen molar-refractivity contribution in [1.29, 1.82) is 0 Å². The molecule has 0 saturated heterocycles. The molecule has 0 aliphatic carbocycles. The number of benzene rings is 2. The van der Waals surface area contributed by atoms with Gasteiger partial charge in [-0.15, -0.1) is 35.1 Å². The Bertz CT molecular complexity index is 1230. The Hall–Kier alpha value is -2.45. The third kappa shape index (κ3) is 4.92. The fraction of sp³-hybridized carbons (Fsp3) is 0.280. The lowest BCUT2D eigenvalue weighted by molar-refractivity contribution is -0.115. The van der Waals surface area contributed by atoms with Crippen LogP contribution in [0.25, 0.3) is 20.8 Å². The highest BCUT2D eigenvalue weighted by atomic mass is 35.5. The fourth-order valence-corrected chi connectivity index (χ4v) is 6.54. The van der Waals surface area contributed by atoms with Gasteiger partial charge in [-0.05, 0) is 48.4 Å². The van der Waals surface area contributed by atoms with Crippen molar-refractivity contribution < 1.29 is 9.53 Å². The number of para-hydroxylation sites is 1. The van der Waals surface area contributed by atoms with Gasteiger partial charge in [0.15, 0.2) is 0 Å². The molecular weight excluding hydrogens is 474 g/mol. The van der Waals surface area contributed by atoms with Crippen molar-refractivity contribution in [2.75, 3.05) is 25.5 Å². The summed E-state index contributed by atoms with van der Waals surface area (Å²) < 4.78 is 6.39. The Balaban J connectivity index is 0.00000259. The molecule has 2 aromatic carbocycles. The lowest BCUT2D eigenvalue weighted by atomic mass is 10.0. The summed E-state index contributed by atoms with van der Waals surface area (Å²) in [5.74, 6) is 0.780. The molecule has 0 bridgehead atoms. The summed E-state index contributed by atoms with van der Waals surface area (Å²) in [6.07, 6.45) is 1.31. The number of methoxy groups -OCH3 is 1. The normalized spacial score (nSPS) is 13.4. The predicted molar refractivity (Wildman–Crippen MR) is 140 cm³/mol. The smallest absolute Gasteiger partial charge is 0.229 e. The number of rotatable bonds is 6. The first kappa shape index (κ1) is 23.7. The molecule has 3 heterocycles. The van der Waals surface area contributed by atoms with Crippen molar-refractivity contribution >= 4 is 56.2 Å². The zero-order valence-electron chi connectivity index (χ0n) is 18.6. The number of thiophene rings is 1. The van der Waals surface area contributed by atoms with Crippen LogP contribution in [-0.4, -0.2) is 36.0 Å². The standard InChI is InChI=1S/C25H25N3O2S2.ClH/c1-3-28-13-12-18-21(15-28)32-25(23(18)24-26-19-6-4-5-7-20(19)31-24)27-22(29)14-16-8-10-17(30-2)11-9-16;/h4-11H,3,12-15H2,1-2H3,(H,27,29);1H. The van der Waals surface area contributed by atoms with Crippen molar-refractivity contribution in [3.05, 3.63) is 64.5 Å². The van der Waals surface area contributed by atoms with Gasteiger partial charge in [0.2, 0.25) is 5.91 Å². The zero-order valence-corrected chi connectivity index (χ0v) is 21.0. The number of likely N-dealkylation sites (N-methyl/N-ethyl adjacent to an activating group) is 1. The Kier molecular flexibility index (Phi) is 7.34. The molecule has 1 aliphatic rings.